The van der Waals surface area contributed by atoms with Crippen LogP contribution < -0.4 is 5.32 Å². The van der Waals surface area contributed by atoms with E-state index in [1.807, 2.05) is 19.0 Å². The van der Waals surface area contributed by atoms with E-state index in [2.05, 4.69) is 5.32 Å². The predicted octanol–water partition coefficient (Wildman–Crippen LogP) is -0.865. The van der Waals surface area contributed by atoms with Gasteiger partial charge in [0.15, 0.2) is 0 Å². The zero-order valence-corrected chi connectivity index (χ0v) is 13.2. The summed E-state index contributed by atoms with van der Waals surface area (Å²) in [5.74, 6) is -0.364. The molecule has 1 N–H and O–H groups in total. The summed E-state index contributed by atoms with van der Waals surface area (Å²) in [6.07, 6.45) is 0.756. The summed E-state index contributed by atoms with van der Waals surface area (Å²) in [6.45, 7) is 5.12. The Kier molecular flexibility index (Phi) is 7.14. The van der Waals surface area contributed by atoms with Gasteiger partial charge >= 0.3 is 0 Å². The summed E-state index contributed by atoms with van der Waals surface area (Å²) in [5, 5.41) is 2.76. The van der Waals surface area contributed by atoms with Crippen molar-refractivity contribution in [2.75, 3.05) is 53.4 Å². The maximum Gasteiger partial charge on any atom is 0.232 e. The molecule has 0 unspecified atom stereocenters. The normalized spacial score (nSPS) is 15.2. The molecule has 0 aromatic heterocycles. The number of carbonyl (C=O) groups is 3. The van der Waals surface area contributed by atoms with Crippen LogP contribution in [0.1, 0.15) is 19.8 Å². The predicted molar refractivity (Wildman–Crippen MR) is 79.6 cm³/mol. The van der Waals surface area contributed by atoms with E-state index in [-0.39, 0.29) is 24.1 Å². The average molecular weight is 298 g/mol. The van der Waals surface area contributed by atoms with E-state index < -0.39 is 0 Å². The van der Waals surface area contributed by atoms with E-state index in [1.165, 1.54) is 6.92 Å². The topological polar surface area (TPSA) is 73.0 Å². The zero-order valence-electron chi connectivity index (χ0n) is 13.2. The van der Waals surface area contributed by atoms with Crippen LogP contribution in [0.3, 0.4) is 0 Å². The van der Waals surface area contributed by atoms with Crippen molar-refractivity contribution in [3.8, 4) is 0 Å². The molecule has 1 aliphatic heterocycles. The Morgan fingerprint density at radius 1 is 1.05 bits per heavy atom. The van der Waals surface area contributed by atoms with Crippen molar-refractivity contribution >= 4 is 17.7 Å². The number of carbonyl (C=O) groups excluding carboxylic acids is 3. The molecule has 0 spiro atoms. The van der Waals surface area contributed by atoms with Crippen LogP contribution in [-0.2, 0) is 14.4 Å². The summed E-state index contributed by atoms with van der Waals surface area (Å²) in [7, 11) is 3.96. The second-order valence-corrected chi connectivity index (χ2v) is 5.57. The van der Waals surface area contributed by atoms with Gasteiger partial charge in [0.05, 0.1) is 0 Å². The van der Waals surface area contributed by atoms with Crippen LogP contribution in [0.5, 0.6) is 0 Å². The maximum absolute atomic E-state index is 12.0. The van der Waals surface area contributed by atoms with Gasteiger partial charge in [0, 0.05) is 39.6 Å². The number of piperazine rings is 1. The quantitative estimate of drug-likeness (QED) is 0.511. The number of amides is 3. The van der Waals surface area contributed by atoms with Crippen LogP contribution in [0, 0.1) is 0 Å². The number of nitrogens with one attached hydrogen (secondary N) is 1. The SMILES string of the molecule is CC(=O)N1CCN(C(=O)CC(=O)NCCCN(C)C)CC1. The molecule has 1 rings (SSSR count). The third-order valence-electron chi connectivity index (χ3n) is 3.49. The van der Waals surface area contributed by atoms with Crippen molar-refractivity contribution in [3.63, 3.8) is 0 Å². The molecule has 0 saturated carbocycles. The second kappa shape index (κ2) is 8.61. The molecule has 0 aromatic carbocycles. The Hall–Kier alpha value is -1.63. The third-order valence-corrected chi connectivity index (χ3v) is 3.49. The van der Waals surface area contributed by atoms with Crippen LogP contribution in [0.2, 0.25) is 0 Å². The van der Waals surface area contributed by atoms with Crippen molar-refractivity contribution in [1.29, 1.82) is 0 Å². The average Bonchev–Trinajstić information content (AvgIpc) is 2.43. The van der Waals surface area contributed by atoms with E-state index in [4.69, 9.17) is 0 Å². The lowest BCUT2D eigenvalue weighted by Crippen LogP contribution is -2.50. The molecule has 7 nitrogen and oxygen atoms in total. The second-order valence-electron chi connectivity index (χ2n) is 5.57. The maximum atomic E-state index is 12.0. The molecule has 0 atom stereocenters. The van der Waals surface area contributed by atoms with Gasteiger partial charge in [-0.05, 0) is 27.1 Å². The molecule has 7 heteroatoms. The molecular formula is C14H26N4O3. The summed E-state index contributed by atoms with van der Waals surface area (Å²) in [6, 6.07) is 0. The number of rotatable bonds is 6. The molecule has 0 bridgehead atoms. The molecular weight excluding hydrogens is 272 g/mol. The van der Waals surface area contributed by atoms with Crippen molar-refractivity contribution < 1.29 is 14.4 Å². The van der Waals surface area contributed by atoms with Crippen LogP contribution in [0.25, 0.3) is 0 Å². The standard InChI is InChI=1S/C14H26N4O3/c1-12(19)17-7-9-18(10-8-17)14(21)11-13(20)15-5-4-6-16(2)3/h4-11H2,1-3H3,(H,15,20). The lowest BCUT2D eigenvalue weighted by atomic mass is 10.2. The van der Waals surface area contributed by atoms with E-state index >= 15 is 0 Å². The van der Waals surface area contributed by atoms with E-state index in [9.17, 15) is 14.4 Å². The van der Waals surface area contributed by atoms with Gasteiger partial charge < -0.3 is 20.0 Å². The number of hydrogen-bond donors (Lipinski definition) is 1. The third kappa shape index (κ3) is 6.57. The van der Waals surface area contributed by atoms with Crippen LogP contribution in [-0.4, -0.2) is 85.8 Å². The van der Waals surface area contributed by atoms with Gasteiger partial charge in [-0.25, -0.2) is 0 Å². The first-order chi connectivity index (χ1) is 9.90. The Bertz CT molecular complexity index is 376. The fourth-order valence-corrected chi connectivity index (χ4v) is 2.21. The van der Waals surface area contributed by atoms with Crippen LogP contribution in [0.15, 0.2) is 0 Å². The fourth-order valence-electron chi connectivity index (χ4n) is 2.21. The van der Waals surface area contributed by atoms with Crippen LogP contribution >= 0.6 is 0 Å². The highest BCUT2D eigenvalue weighted by molar-refractivity contribution is 5.96. The van der Waals surface area contributed by atoms with Crippen molar-refractivity contribution in [1.82, 2.24) is 20.0 Å². The van der Waals surface area contributed by atoms with E-state index in [0.29, 0.717) is 32.7 Å². The molecule has 0 aliphatic carbocycles. The minimum atomic E-state index is -0.229. The number of hydrogen-bond acceptors (Lipinski definition) is 4. The Balaban J connectivity index is 2.21. The number of nitrogens with zero attached hydrogens (tertiary/aromatic N) is 3. The Morgan fingerprint density at radius 3 is 2.14 bits per heavy atom. The van der Waals surface area contributed by atoms with Crippen molar-refractivity contribution in [2.24, 2.45) is 0 Å². The monoisotopic (exact) mass is 298 g/mol. The summed E-state index contributed by atoms with van der Waals surface area (Å²) >= 11 is 0. The Labute approximate surface area is 126 Å². The van der Waals surface area contributed by atoms with Crippen molar-refractivity contribution in [2.45, 2.75) is 19.8 Å². The van der Waals surface area contributed by atoms with Crippen LogP contribution in [0.4, 0.5) is 0 Å². The fraction of sp³-hybridized carbons (Fsp3) is 0.786. The lowest BCUT2D eigenvalue weighted by Gasteiger charge is -2.34. The molecule has 0 radical (unpaired) electrons. The van der Waals surface area contributed by atoms with Gasteiger partial charge in [0.2, 0.25) is 17.7 Å². The highest BCUT2D eigenvalue weighted by Crippen LogP contribution is 2.04. The first-order valence-corrected chi connectivity index (χ1v) is 7.35. The van der Waals surface area contributed by atoms with Crippen molar-refractivity contribution in [3.05, 3.63) is 0 Å². The first kappa shape index (κ1) is 17.4. The highest BCUT2D eigenvalue weighted by Gasteiger charge is 2.23. The van der Waals surface area contributed by atoms with Gasteiger partial charge in [-0.1, -0.05) is 0 Å². The molecule has 120 valence electrons. The van der Waals surface area contributed by atoms with Gasteiger partial charge in [0.1, 0.15) is 6.42 Å². The molecule has 1 heterocycles. The van der Waals surface area contributed by atoms with Gasteiger partial charge in [-0.3, -0.25) is 14.4 Å². The summed E-state index contributed by atoms with van der Waals surface area (Å²) in [5.41, 5.74) is 0. The molecule has 3 amide bonds. The molecule has 1 aliphatic rings. The lowest BCUT2D eigenvalue weighted by molar-refractivity contribution is -0.141. The smallest absolute Gasteiger partial charge is 0.232 e. The first-order valence-electron chi connectivity index (χ1n) is 7.35. The van der Waals surface area contributed by atoms with E-state index in [0.717, 1.165) is 13.0 Å². The Morgan fingerprint density at radius 2 is 1.62 bits per heavy atom. The van der Waals surface area contributed by atoms with Gasteiger partial charge in [0.25, 0.3) is 0 Å². The highest BCUT2D eigenvalue weighted by atomic mass is 16.2. The summed E-state index contributed by atoms with van der Waals surface area (Å²) in [4.78, 5) is 40.3. The molecule has 0 aromatic rings. The zero-order chi connectivity index (χ0) is 15.8. The van der Waals surface area contributed by atoms with E-state index in [1.54, 1.807) is 9.80 Å². The molecule has 1 saturated heterocycles. The molecule has 21 heavy (non-hydrogen) atoms. The molecule has 1 fully saturated rings. The minimum absolute atomic E-state index is 0.0285. The largest absolute Gasteiger partial charge is 0.356 e. The summed E-state index contributed by atoms with van der Waals surface area (Å²) < 4.78 is 0. The van der Waals surface area contributed by atoms with Gasteiger partial charge in [-0.15, -0.1) is 0 Å². The van der Waals surface area contributed by atoms with Gasteiger partial charge in [-0.2, -0.15) is 0 Å². The minimum Gasteiger partial charge on any atom is -0.356 e.